The predicted molar refractivity (Wildman–Crippen MR) is 66.8 cm³/mol. The number of halogens is 2. The van der Waals surface area contributed by atoms with Gasteiger partial charge < -0.3 is 4.74 Å². The maximum absolute atomic E-state index is 11.8. The quantitative estimate of drug-likeness (QED) is 0.481. The van der Waals surface area contributed by atoms with E-state index < -0.39 is 11.8 Å². The molecule has 0 bridgehead atoms. The molecule has 0 aliphatic carbocycles. The maximum atomic E-state index is 11.8. The van der Waals surface area contributed by atoms with Crippen molar-refractivity contribution >= 4 is 35.0 Å². The van der Waals surface area contributed by atoms with Gasteiger partial charge in [-0.1, -0.05) is 36.2 Å². The number of carbonyl (C=O) groups excluding carboxylic acids is 2. The zero-order chi connectivity index (χ0) is 13.0. The van der Waals surface area contributed by atoms with E-state index in [9.17, 15) is 9.59 Å². The van der Waals surface area contributed by atoms with Crippen LogP contribution in [-0.2, 0) is 16.0 Å². The van der Waals surface area contributed by atoms with Gasteiger partial charge in [0.2, 0.25) is 0 Å². The number of hydrogen-bond donors (Lipinski definition) is 0. The van der Waals surface area contributed by atoms with Crippen molar-refractivity contribution in [2.45, 2.75) is 20.3 Å². The van der Waals surface area contributed by atoms with E-state index in [0.717, 1.165) is 5.56 Å². The summed E-state index contributed by atoms with van der Waals surface area (Å²) in [6.07, 6.45) is 0.652. The number of aryl methyl sites for hydroxylation is 1. The number of esters is 1. The highest BCUT2D eigenvalue weighted by Gasteiger charge is 2.24. The van der Waals surface area contributed by atoms with E-state index in [2.05, 4.69) is 4.74 Å². The Balaban J connectivity index is 3.21. The Kier molecular flexibility index (Phi) is 4.97. The number of ether oxygens (including phenoxy) is 1. The van der Waals surface area contributed by atoms with Crippen LogP contribution in [0.5, 0.6) is 0 Å². The number of benzene rings is 1. The van der Waals surface area contributed by atoms with Gasteiger partial charge in [-0.3, -0.25) is 4.79 Å². The van der Waals surface area contributed by atoms with Crippen molar-refractivity contribution in [1.82, 2.24) is 0 Å². The SMILES string of the molecule is CCOC(=O)C(=O)c1c(Cl)ccc(CC)c1Cl. The lowest BCUT2D eigenvalue weighted by Gasteiger charge is -2.09. The van der Waals surface area contributed by atoms with Crippen LogP contribution in [0, 0.1) is 0 Å². The summed E-state index contributed by atoms with van der Waals surface area (Å²) in [4.78, 5) is 23.2. The van der Waals surface area contributed by atoms with E-state index in [1.165, 1.54) is 0 Å². The van der Waals surface area contributed by atoms with Crippen molar-refractivity contribution in [3.8, 4) is 0 Å². The van der Waals surface area contributed by atoms with Gasteiger partial charge in [0, 0.05) is 0 Å². The van der Waals surface area contributed by atoms with Crippen LogP contribution < -0.4 is 0 Å². The summed E-state index contributed by atoms with van der Waals surface area (Å²) in [5.74, 6) is -1.75. The van der Waals surface area contributed by atoms with Crippen LogP contribution in [0.2, 0.25) is 10.0 Å². The lowest BCUT2D eigenvalue weighted by molar-refractivity contribution is -0.137. The Bertz CT molecular complexity index is 455. The summed E-state index contributed by atoms with van der Waals surface area (Å²) in [5.41, 5.74) is 0.787. The lowest BCUT2D eigenvalue weighted by atomic mass is 10.1. The molecule has 0 aliphatic heterocycles. The average molecular weight is 275 g/mol. The summed E-state index contributed by atoms with van der Waals surface area (Å²) in [7, 11) is 0. The van der Waals surface area contributed by atoms with Gasteiger partial charge in [0.1, 0.15) is 0 Å². The van der Waals surface area contributed by atoms with Crippen LogP contribution >= 0.6 is 23.2 Å². The van der Waals surface area contributed by atoms with Crippen molar-refractivity contribution in [2.75, 3.05) is 6.61 Å². The topological polar surface area (TPSA) is 43.4 Å². The molecule has 0 fully saturated rings. The van der Waals surface area contributed by atoms with Gasteiger partial charge >= 0.3 is 5.97 Å². The molecule has 5 heteroatoms. The van der Waals surface area contributed by atoms with Gasteiger partial charge in [0.15, 0.2) is 0 Å². The minimum absolute atomic E-state index is 0.0196. The highest BCUT2D eigenvalue weighted by molar-refractivity contribution is 6.49. The van der Waals surface area contributed by atoms with E-state index in [1.54, 1.807) is 19.1 Å². The van der Waals surface area contributed by atoms with Crippen LogP contribution in [0.3, 0.4) is 0 Å². The molecule has 1 aromatic carbocycles. The molecule has 17 heavy (non-hydrogen) atoms. The first kappa shape index (κ1) is 14.0. The largest absolute Gasteiger partial charge is 0.460 e. The first-order valence-corrected chi connectivity index (χ1v) is 5.96. The standard InChI is InChI=1S/C12H12Cl2O3/c1-3-7-5-6-8(13)9(10(7)14)11(15)12(16)17-4-2/h5-6H,3-4H2,1-2H3. The van der Waals surface area contributed by atoms with Crippen molar-refractivity contribution in [2.24, 2.45) is 0 Å². The first-order valence-electron chi connectivity index (χ1n) is 5.21. The average Bonchev–Trinajstić information content (AvgIpc) is 2.29. The Morgan fingerprint density at radius 1 is 1.24 bits per heavy atom. The van der Waals surface area contributed by atoms with Crippen LogP contribution in [0.25, 0.3) is 0 Å². The second-order valence-electron chi connectivity index (χ2n) is 3.30. The van der Waals surface area contributed by atoms with Gasteiger partial charge in [-0.05, 0) is 25.0 Å². The molecular weight excluding hydrogens is 263 g/mol. The number of carbonyl (C=O) groups is 2. The molecule has 0 N–H and O–H groups in total. The molecule has 0 heterocycles. The fraction of sp³-hybridized carbons (Fsp3) is 0.333. The third-order valence-electron chi connectivity index (χ3n) is 2.24. The Labute approximate surface area is 110 Å². The van der Waals surface area contributed by atoms with E-state index >= 15 is 0 Å². The van der Waals surface area contributed by atoms with Gasteiger partial charge in [0.25, 0.3) is 5.78 Å². The number of hydrogen-bond acceptors (Lipinski definition) is 3. The second-order valence-corrected chi connectivity index (χ2v) is 4.08. The smallest absolute Gasteiger partial charge is 0.379 e. The predicted octanol–water partition coefficient (Wildman–Crippen LogP) is 3.30. The van der Waals surface area contributed by atoms with Gasteiger partial charge in [-0.25, -0.2) is 4.79 Å². The molecule has 1 rings (SSSR count). The molecule has 0 aliphatic rings. The molecule has 0 radical (unpaired) electrons. The third kappa shape index (κ3) is 2.99. The Morgan fingerprint density at radius 3 is 2.41 bits per heavy atom. The highest BCUT2D eigenvalue weighted by atomic mass is 35.5. The molecule has 1 aromatic rings. The van der Waals surface area contributed by atoms with Crippen molar-refractivity contribution < 1.29 is 14.3 Å². The van der Waals surface area contributed by atoms with Crippen LogP contribution in [0.4, 0.5) is 0 Å². The number of Topliss-reactive ketones (excluding diaryl/α,β-unsaturated/α-hetero) is 1. The Hall–Kier alpha value is -1.06. The molecule has 0 aromatic heterocycles. The van der Waals surface area contributed by atoms with E-state index in [4.69, 9.17) is 23.2 Å². The van der Waals surface area contributed by atoms with Crippen molar-refractivity contribution in [3.05, 3.63) is 33.3 Å². The molecule has 0 unspecified atom stereocenters. The molecule has 92 valence electrons. The normalized spacial score (nSPS) is 10.1. The van der Waals surface area contributed by atoms with Crippen LogP contribution in [0.15, 0.2) is 12.1 Å². The van der Waals surface area contributed by atoms with Gasteiger partial charge in [-0.15, -0.1) is 0 Å². The molecule has 0 amide bonds. The van der Waals surface area contributed by atoms with E-state index in [-0.39, 0.29) is 22.2 Å². The molecular formula is C12H12Cl2O3. The maximum Gasteiger partial charge on any atom is 0.379 e. The fourth-order valence-corrected chi connectivity index (χ4v) is 2.05. The fourth-order valence-electron chi connectivity index (χ4n) is 1.38. The molecule has 0 saturated heterocycles. The minimum atomic E-state index is -0.940. The number of ketones is 1. The van der Waals surface area contributed by atoms with Gasteiger partial charge in [0.05, 0.1) is 22.2 Å². The van der Waals surface area contributed by atoms with Crippen LogP contribution in [-0.4, -0.2) is 18.4 Å². The lowest BCUT2D eigenvalue weighted by Crippen LogP contribution is -2.18. The molecule has 0 spiro atoms. The second kappa shape index (κ2) is 6.03. The van der Waals surface area contributed by atoms with E-state index in [0.29, 0.717) is 6.42 Å². The summed E-state index contributed by atoms with van der Waals surface area (Å²) < 4.78 is 4.64. The van der Waals surface area contributed by atoms with E-state index in [1.807, 2.05) is 6.92 Å². The van der Waals surface area contributed by atoms with Crippen molar-refractivity contribution in [3.63, 3.8) is 0 Å². The molecule has 3 nitrogen and oxygen atoms in total. The van der Waals surface area contributed by atoms with Crippen LogP contribution in [0.1, 0.15) is 29.8 Å². The van der Waals surface area contributed by atoms with Crippen molar-refractivity contribution in [1.29, 1.82) is 0 Å². The highest BCUT2D eigenvalue weighted by Crippen LogP contribution is 2.29. The zero-order valence-corrected chi connectivity index (χ0v) is 11.1. The summed E-state index contributed by atoms with van der Waals surface area (Å²) >= 11 is 11.9. The number of rotatable bonds is 4. The summed E-state index contributed by atoms with van der Waals surface area (Å²) in [6, 6.07) is 3.28. The Morgan fingerprint density at radius 2 is 1.88 bits per heavy atom. The third-order valence-corrected chi connectivity index (χ3v) is 2.99. The summed E-state index contributed by atoms with van der Waals surface area (Å²) in [5, 5.41) is 0.378. The zero-order valence-electron chi connectivity index (χ0n) is 9.55. The first-order chi connectivity index (χ1) is 8.02. The molecule has 0 saturated carbocycles. The monoisotopic (exact) mass is 274 g/mol. The summed E-state index contributed by atoms with van der Waals surface area (Å²) in [6.45, 7) is 3.65. The molecule has 0 atom stereocenters. The minimum Gasteiger partial charge on any atom is -0.460 e. The van der Waals surface area contributed by atoms with Gasteiger partial charge in [-0.2, -0.15) is 0 Å².